The fourth-order valence-electron chi connectivity index (χ4n) is 2.96. The molecule has 2 radical (unpaired) electrons. The monoisotopic (exact) mass is 403 g/mol. The van der Waals surface area contributed by atoms with Crippen molar-refractivity contribution in [2.24, 2.45) is 4.99 Å². The number of thiol groups is 2. The van der Waals surface area contributed by atoms with Crippen LogP contribution >= 0.6 is 25.3 Å². The Balaban J connectivity index is 2.31. The standard InChI is InChI=1S/C17H16BF2N5S2/c1-3-22-14-8(2)4-9(5-10(14)19)13-11(20)7-25-15(13)12(6-17(18,26)27)23-16(21)24-25/h3-5,7,26-27H,6H2,1-2H3,(H2,21,24). The average Bonchev–Trinajstić information content (AvgIpc) is 2.85. The summed E-state index contributed by atoms with van der Waals surface area (Å²) in [6.07, 6.45) is 2.73. The van der Waals surface area contributed by atoms with E-state index in [0.29, 0.717) is 22.3 Å². The highest BCUT2D eigenvalue weighted by atomic mass is 32.2. The van der Waals surface area contributed by atoms with Crippen molar-refractivity contribution >= 4 is 56.5 Å². The van der Waals surface area contributed by atoms with Crippen molar-refractivity contribution in [3.05, 3.63) is 41.2 Å². The van der Waals surface area contributed by atoms with E-state index in [-0.39, 0.29) is 23.6 Å². The molecule has 2 aromatic heterocycles. The van der Waals surface area contributed by atoms with Crippen molar-refractivity contribution in [3.63, 3.8) is 0 Å². The Morgan fingerprint density at radius 2 is 2.04 bits per heavy atom. The summed E-state index contributed by atoms with van der Waals surface area (Å²) in [4.78, 5) is 8.18. The number of fused-ring (bicyclic) bond motifs is 1. The number of aryl methyl sites for hydroxylation is 1. The summed E-state index contributed by atoms with van der Waals surface area (Å²) in [5.41, 5.74) is 7.63. The minimum atomic E-state index is -1.21. The molecule has 3 rings (SSSR count). The topological polar surface area (TPSA) is 68.6 Å². The summed E-state index contributed by atoms with van der Waals surface area (Å²) in [5, 5.41) is 4.00. The molecule has 2 heterocycles. The summed E-state index contributed by atoms with van der Waals surface area (Å²) < 4.78 is 29.4. The number of rotatable bonds is 4. The third-order valence-electron chi connectivity index (χ3n) is 3.90. The molecule has 10 heteroatoms. The molecule has 0 fully saturated rings. The lowest BCUT2D eigenvalue weighted by Gasteiger charge is -2.17. The summed E-state index contributed by atoms with van der Waals surface area (Å²) in [7, 11) is 5.85. The molecule has 0 aliphatic heterocycles. The lowest BCUT2D eigenvalue weighted by Crippen LogP contribution is -2.19. The lowest BCUT2D eigenvalue weighted by molar-refractivity contribution is 0.624. The molecule has 0 atom stereocenters. The van der Waals surface area contributed by atoms with Gasteiger partial charge >= 0.3 is 0 Å². The molecule has 0 spiro atoms. The van der Waals surface area contributed by atoms with Gasteiger partial charge in [-0.25, -0.2) is 18.3 Å². The first-order valence-corrected chi connectivity index (χ1v) is 8.86. The largest absolute Gasteiger partial charge is 0.367 e. The van der Waals surface area contributed by atoms with Crippen LogP contribution in [-0.4, -0.2) is 32.6 Å². The van der Waals surface area contributed by atoms with Gasteiger partial charge in [0.25, 0.3) is 0 Å². The lowest BCUT2D eigenvalue weighted by atomic mass is 9.95. The van der Waals surface area contributed by atoms with Crippen LogP contribution in [0.3, 0.4) is 0 Å². The first kappa shape index (κ1) is 19.7. The van der Waals surface area contributed by atoms with Crippen molar-refractivity contribution in [3.8, 4) is 11.1 Å². The highest BCUT2D eigenvalue weighted by molar-refractivity contribution is 8.02. The van der Waals surface area contributed by atoms with Crippen molar-refractivity contribution in [1.29, 1.82) is 0 Å². The number of hydrogen-bond acceptors (Lipinski definition) is 6. The van der Waals surface area contributed by atoms with Crippen LogP contribution < -0.4 is 5.73 Å². The molecule has 0 aliphatic rings. The Hall–Kier alpha value is -2.07. The van der Waals surface area contributed by atoms with Crippen molar-refractivity contribution in [1.82, 2.24) is 14.6 Å². The average molecular weight is 403 g/mol. The highest BCUT2D eigenvalue weighted by Gasteiger charge is 2.24. The predicted octanol–water partition coefficient (Wildman–Crippen LogP) is 3.51. The van der Waals surface area contributed by atoms with Crippen molar-refractivity contribution < 1.29 is 8.78 Å². The third-order valence-corrected chi connectivity index (χ3v) is 4.22. The van der Waals surface area contributed by atoms with Crippen LogP contribution in [0, 0.1) is 18.6 Å². The van der Waals surface area contributed by atoms with E-state index >= 15 is 0 Å². The molecule has 138 valence electrons. The zero-order valence-corrected chi connectivity index (χ0v) is 16.4. The SMILES string of the molecule is [B]C(S)(S)Cc1nc(N)nn2cc(F)c(-c3cc(C)c(N=CC)c(F)c3)c12. The van der Waals surface area contributed by atoms with Gasteiger partial charge in [-0.2, -0.15) is 25.3 Å². The number of anilines is 1. The Kier molecular flexibility index (Phi) is 5.22. The molecular weight excluding hydrogens is 387 g/mol. The summed E-state index contributed by atoms with van der Waals surface area (Å²) in [5.74, 6) is -1.21. The summed E-state index contributed by atoms with van der Waals surface area (Å²) in [6.45, 7) is 3.39. The van der Waals surface area contributed by atoms with Gasteiger partial charge in [0.15, 0.2) is 5.82 Å². The normalized spacial score (nSPS) is 12.4. The first-order chi connectivity index (χ1) is 12.6. The zero-order valence-electron chi connectivity index (χ0n) is 14.6. The minimum absolute atomic E-state index is 0.0556. The molecule has 2 N–H and O–H groups in total. The third kappa shape index (κ3) is 3.96. The zero-order chi connectivity index (χ0) is 19.9. The molecule has 5 nitrogen and oxygen atoms in total. The molecule has 0 unspecified atom stereocenters. The maximum Gasteiger partial charge on any atom is 0.238 e. The Bertz CT molecular complexity index is 1040. The number of aromatic nitrogens is 3. The second kappa shape index (κ2) is 7.16. The van der Waals surface area contributed by atoms with E-state index in [1.807, 2.05) is 0 Å². The fourth-order valence-corrected chi connectivity index (χ4v) is 3.26. The molecule has 0 saturated carbocycles. The van der Waals surface area contributed by atoms with Crippen LogP contribution in [0.4, 0.5) is 20.4 Å². The van der Waals surface area contributed by atoms with Gasteiger partial charge in [0.1, 0.15) is 19.4 Å². The predicted molar refractivity (Wildman–Crippen MR) is 111 cm³/mol. The van der Waals surface area contributed by atoms with E-state index in [0.717, 1.165) is 6.20 Å². The van der Waals surface area contributed by atoms with Gasteiger partial charge in [-0.05, 0) is 37.1 Å². The van der Waals surface area contributed by atoms with E-state index in [2.05, 4.69) is 40.3 Å². The first-order valence-electron chi connectivity index (χ1n) is 7.96. The van der Waals surface area contributed by atoms with Crippen LogP contribution in [0.15, 0.2) is 23.3 Å². The van der Waals surface area contributed by atoms with Crippen LogP contribution in [-0.2, 0) is 6.42 Å². The van der Waals surface area contributed by atoms with Gasteiger partial charge in [-0.15, -0.1) is 5.10 Å². The van der Waals surface area contributed by atoms with Gasteiger partial charge in [-0.1, -0.05) is 0 Å². The number of aliphatic imine (C=N–C) groups is 1. The maximum absolute atomic E-state index is 14.8. The Morgan fingerprint density at radius 3 is 2.63 bits per heavy atom. The van der Waals surface area contributed by atoms with Gasteiger partial charge < -0.3 is 5.73 Å². The van der Waals surface area contributed by atoms with E-state index < -0.39 is 15.6 Å². The van der Waals surface area contributed by atoms with Gasteiger partial charge in [0.2, 0.25) is 5.95 Å². The number of benzene rings is 1. The second-order valence-corrected chi connectivity index (χ2v) is 8.08. The van der Waals surface area contributed by atoms with E-state index in [4.69, 9.17) is 13.6 Å². The Labute approximate surface area is 167 Å². The molecule has 0 saturated heterocycles. The number of nitrogens with zero attached hydrogens (tertiary/aromatic N) is 4. The molecule has 3 aromatic rings. The van der Waals surface area contributed by atoms with Gasteiger partial charge in [0.05, 0.1) is 17.4 Å². The van der Waals surface area contributed by atoms with Gasteiger partial charge in [-0.3, -0.25) is 4.99 Å². The van der Waals surface area contributed by atoms with E-state index in [9.17, 15) is 8.78 Å². The van der Waals surface area contributed by atoms with Crippen LogP contribution in [0.25, 0.3) is 16.6 Å². The number of nitrogen functional groups attached to an aromatic ring is 1. The van der Waals surface area contributed by atoms with Crippen LogP contribution in [0.1, 0.15) is 18.2 Å². The van der Waals surface area contributed by atoms with Gasteiger partial charge in [0, 0.05) is 22.2 Å². The maximum atomic E-state index is 14.8. The fraction of sp³-hybridized carbons (Fsp3) is 0.235. The minimum Gasteiger partial charge on any atom is -0.367 e. The molecule has 0 aliphatic carbocycles. The van der Waals surface area contributed by atoms with E-state index in [1.165, 1.54) is 16.8 Å². The molecule has 0 bridgehead atoms. The highest BCUT2D eigenvalue weighted by Crippen LogP contribution is 2.36. The smallest absolute Gasteiger partial charge is 0.238 e. The summed E-state index contributed by atoms with van der Waals surface area (Å²) >= 11 is 8.37. The second-order valence-electron chi connectivity index (χ2n) is 6.13. The molecule has 1 aromatic carbocycles. The van der Waals surface area contributed by atoms with Crippen LogP contribution in [0.2, 0.25) is 0 Å². The number of halogens is 2. The molecular formula is C17H16BF2N5S2. The number of hydrogen-bond donors (Lipinski definition) is 3. The summed E-state index contributed by atoms with van der Waals surface area (Å²) in [6, 6.07) is 2.88. The van der Waals surface area contributed by atoms with E-state index in [1.54, 1.807) is 19.9 Å². The molecule has 27 heavy (non-hydrogen) atoms. The van der Waals surface area contributed by atoms with Crippen LogP contribution in [0.5, 0.6) is 0 Å². The molecule has 0 amide bonds. The van der Waals surface area contributed by atoms with Crippen molar-refractivity contribution in [2.45, 2.75) is 24.2 Å². The Morgan fingerprint density at radius 1 is 1.33 bits per heavy atom. The van der Waals surface area contributed by atoms with Crippen molar-refractivity contribution in [2.75, 3.05) is 5.73 Å². The number of nitrogens with two attached hydrogens (primary N) is 1. The quantitative estimate of drug-likeness (QED) is 0.270.